The topological polar surface area (TPSA) is 227 Å². The van der Waals surface area contributed by atoms with Gasteiger partial charge in [-0.05, 0) is 84.4 Å². The van der Waals surface area contributed by atoms with Crippen molar-refractivity contribution in [2.24, 2.45) is 11.5 Å². The highest BCUT2D eigenvalue weighted by molar-refractivity contribution is 7.97. The number of rotatable bonds is 25. The van der Waals surface area contributed by atoms with E-state index in [0.29, 0.717) is 59.2 Å². The molecule has 0 spiro atoms. The van der Waals surface area contributed by atoms with Gasteiger partial charge in [0.25, 0.3) is 0 Å². The lowest BCUT2D eigenvalue weighted by atomic mass is 10.1. The Hall–Kier alpha value is -2.96. The number of carbonyl (C=O) groups excluding carboxylic acids is 2. The van der Waals surface area contributed by atoms with Crippen LogP contribution in [0, 0.1) is 35.5 Å². The Bertz CT molecular complexity index is 1260. The Morgan fingerprint density at radius 3 is 1.21 bits per heavy atom. The number of hydrogen-bond donors (Lipinski definition) is 7. The third-order valence-electron chi connectivity index (χ3n) is 8.49. The summed E-state index contributed by atoms with van der Waals surface area (Å²) in [7, 11) is 3.77. The summed E-state index contributed by atoms with van der Waals surface area (Å²) in [6.07, 6.45) is 19.6. The predicted molar refractivity (Wildman–Crippen MR) is 253 cm³/mol. The minimum Gasteiger partial charge on any atom is -0.480 e. The van der Waals surface area contributed by atoms with E-state index in [4.69, 9.17) is 45.0 Å². The molecule has 0 aromatic carbocycles. The summed E-state index contributed by atoms with van der Waals surface area (Å²) in [5.74, 6) is 17.1. The largest absolute Gasteiger partial charge is 0.480 e. The van der Waals surface area contributed by atoms with E-state index in [-0.39, 0.29) is 49.9 Å². The minimum atomic E-state index is -0.927. The van der Waals surface area contributed by atoms with Crippen molar-refractivity contribution in [2.75, 3.05) is 125 Å². The van der Waals surface area contributed by atoms with Gasteiger partial charge in [0.15, 0.2) is 0 Å². The number of thioether (sulfide) groups is 1. The van der Waals surface area contributed by atoms with Crippen LogP contribution in [0.15, 0.2) is 0 Å². The summed E-state index contributed by atoms with van der Waals surface area (Å²) < 4.78 is 31.7. The molecule has 63 heavy (non-hydrogen) atoms. The van der Waals surface area contributed by atoms with Gasteiger partial charge in [0, 0.05) is 58.5 Å². The molecule has 9 N–H and O–H groups in total. The van der Waals surface area contributed by atoms with Crippen LogP contribution in [0.3, 0.4) is 0 Å². The molecule has 0 aromatic rings. The molecule has 3 atom stereocenters. The number of amides is 2. The van der Waals surface area contributed by atoms with E-state index in [1.807, 2.05) is 26.6 Å². The summed E-state index contributed by atoms with van der Waals surface area (Å²) in [6.45, 7) is 7.34. The van der Waals surface area contributed by atoms with Crippen molar-refractivity contribution in [3.05, 3.63) is 0 Å². The van der Waals surface area contributed by atoms with Crippen LogP contribution < -0.4 is 32.7 Å². The maximum Gasteiger partial charge on any atom is 0.329 e. The van der Waals surface area contributed by atoms with Crippen LogP contribution in [0.2, 0.25) is 0 Å². The molecule has 364 valence electrons. The predicted octanol–water partition coefficient (Wildman–Crippen LogP) is 2.71. The van der Waals surface area contributed by atoms with Gasteiger partial charge in [-0.25, -0.2) is 4.79 Å². The Labute approximate surface area is 384 Å². The molecule has 0 saturated heterocycles. The van der Waals surface area contributed by atoms with Gasteiger partial charge >= 0.3 is 5.97 Å². The number of nitrogens with two attached hydrogens (primary N) is 2. The second-order valence-electron chi connectivity index (χ2n) is 14.3. The van der Waals surface area contributed by atoms with Crippen LogP contribution in [-0.4, -0.2) is 167 Å². The fraction of sp³-hybridized carbons (Fsp3) is 0.804. The Morgan fingerprint density at radius 2 is 0.873 bits per heavy atom. The molecule has 3 unspecified atom stereocenters. The number of carboxylic acid groups (broad SMARTS) is 1. The SMILES string of the molecule is CNCCOCCN.CNCCOCCNC(=O)COC1C#CCCCCC1.CSC.NCCOCCNC(=O)COC1C#CCCCCC1.O=C(O)COC1C#CCCCCC1. The molecule has 0 saturated carbocycles. The molecule has 0 heterocycles. The van der Waals surface area contributed by atoms with E-state index in [1.165, 1.54) is 32.1 Å². The van der Waals surface area contributed by atoms with E-state index in [9.17, 15) is 14.4 Å². The molecule has 0 fully saturated rings. The van der Waals surface area contributed by atoms with Crippen LogP contribution in [0.1, 0.15) is 96.3 Å². The van der Waals surface area contributed by atoms with Gasteiger partial charge in [0.05, 0.1) is 39.6 Å². The molecule has 16 nitrogen and oxygen atoms in total. The normalized spacial score (nSPS) is 17.7. The zero-order chi connectivity index (χ0) is 46.7. The fourth-order valence-corrected chi connectivity index (χ4v) is 5.28. The zero-order valence-corrected chi connectivity index (χ0v) is 39.9. The van der Waals surface area contributed by atoms with Crippen LogP contribution in [0.4, 0.5) is 0 Å². The van der Waals surface area contributed by atoms with Gasteiger partial charge in [0.2, 0.25) is 11.8 Å². The number of ether oxygens (including phenoxy) is 6. The highest BCUT2D eigenvalue weighted by Gasteiger charge is 2.12. The minimum absolute atomic E-state index is 0.0657. The molecule has 0 aliphatic heterocycles. The van der Waals surface area contributed by atoms with Crippen molar-refractivity contribution in [1.29, 1.82) is 0 Å². The number of likely N-dealkylation sites (N-methyl/N-ethyl adjacent to an activating group) is 2. The molecular formula is C46H84N6O10S. The van der Waals surface area contributed by atoms with E-state index < -0.39 is 5.97 Å². The number of carboxylic acids is 1. The molecule has 2 amide bonds. The van der Waals surface area contributed by atoms with Gasteiger partial charge in [0.1, 0.15) is 38.1 Å². The van der Waals surface area contributed by atoms with Crippen LogP contribution in [-0.2, 0) is 42.8 Å². The first-order valence-electron chi connectivity index (χ1n) is 22.7. The first-order chi connectivity index (χ1) is 30.8. The monoisotopic (exact) mass is 913 g/mol. The van der Waals surface area contributed by atoms with Crippen LogP contribution in [0.5, 0.6) is 0 Å². The van der Waals surface area contributed by atoms with Gasteiger partial charge < -0.3 is 66.3 Å². The van der Waals surface area contributed by atoms with Crippen molar-refractivity contribution in [3.63, 3.8) is 0 Å². The third-order valence-corrected chi connectivity index (χ3v) is 8.49. The quantitative estimate of drug-likeness (QED) is 0.0517. The third kappa shape index (κ3) is 49.9. The number of hydrogen-bond acceptors (Lipinski definition) is 14. The summed E-state index contributed by atoms with van der Waals surface area (Å²) in [4.78, 5) is 33.3. The van der Waals surface area contributed by atoms with Crippen molar-refractivity contribution in [3.8, 4) is 35.5 Å². The summed E-state index contributed by atoms with van der Waals surface area (Å²) in [6, 6.07) is 0. The fourth-order valence-electron chi connectivity index (χ4n) is 5.28. The van der Waals surface area contributed by atoms with Crippen molar-refractivity contribution in [1.82, 2.24) is 21.3 Å². The van der Waals surface area contributed by atoms with Gasteiger partial charge in [-0.15, -0.1) is 17.8 Å². The van der Waals surface area contributed by atoms with Gasteiger partial charge in [-0.3, -0.25) is 9.59 Å². The Kier molecular flexibility index (Phi) is 51.0. The Balaban J connectivity index is 0. The average Bonchev–Trinajstić information content (AvgIpc) is 3.23. The molecule has 0 bridgehead atoms. The van der Waals surface area contributed by atoms with Crippen molar-refractivity contribution < 1.29 is 47.9 Å². The van der Waals surface area contributed by atoms with Crippen LogP contribution >= 0.6 is 11.8 Å². The number of nitrogens with one attached hydrogen (secondary N) is 4. The molecule has 3 aliphatic carbocycles. The van der Waals surface area contributed by atoms with Crippen LogP contribution in [0.25, 0.3) is 0 Å². The number of carbonyl (C=O) groups is 3. The van der Waals surface area contributed by atoms with E-state index in [1.54, 1.807) is 11.8 Å². The molecule has 3 aliphatic rings. The second-order valence-corrected chi connectivity index (χ2v) is 15.1. The standard InChI is InChI=1S/C15H26N2O3.C14H24N2O3.C10H14O3.C5H14N2O.C2H6S/c1-16-9-11-19-12-10-17-15(18)13-20-14-7-5-3-2-4-6-8-14;15-8-10-18-11-9-16-14(17)12-19-13-6-4-2-1-3-5-7-13;11-10(12)8-13-9-6-4-2-1-3-5-7-9;1-7-3-5-8-4-2-6;1-3-2/h14,16H,2-5,7,9-13H2,1H3,(H,17,18);13H,1-4,6,8-12,15H2,(H,16,17);9H,1-4,6,8H2,(H,11,12);7H,2-6H2,1H3;1-2H3. The maximum atomic E-state index is 11.6. The molecule has 0 radical (unpaired) electrons. The van der Waals surface area contributed by atoms with Gasteiger partial charge in [-0.1, -0.05) is 37.0 Å². The van der Waals surface area contributed by atoms with Crippen molar-refractivity contribution in [2.45, 2.75) is 115 Å². The first-order valence-corrected chi connectivity index (χ1v) is 24.3. The lowest BCUT2D eigenvalue weighted by Crippen LogP contribution is -2.32. The molecule has 0 aromatic heterocycles. The zero-order valence-electron chi connectivity index (χ0n) is 39.1. The smallest absolute Gasteiger partial charge is 0.329 e. The van der Waals surface area contributed by atoms with E-state index in [2.05, 4.69) is 56.8 Å². The number of aliphatic carboxylic acids is 1. The first kappa shape index (κ1) is 62.1. The lowest BCUT2D eigenvalue weighted by molar-refractivity contribution is -0.143. The molecule has 3 rings (SSSR count). The van der Waals surface area contributed by atoms with E-state index >= 15 is 0 Å². The average molecular weight is 913 g/mol. The summed E-state index contributed by atoms with van der Waals surface area (Å²) >= 11 is 1.75. The highest BCUT2D eigenvalue weighted by Crippen LogP contribution is 2.12. The maximum absolute atomic E-state index is 11.6. The highest BCUT2D eigenvalue weighted by atomic mass is 32.2. The van der Waals surface area contributed by atoms with E-state index in [0.717, 1.165) is 83.9 Å². The Morgan fingerprint density at radius 1 is 0.540 bits per heavy atom. The summed E-state index contributed by atoms with van der Waals surface area (Å²) in [5, 5.41) is 19.8. The summed E-state index contributed by atoms with van der Waals surface area (Å²) in [5.41, 5.74) is 10.4. The lowest BCUT2D eigenvalue weighted by Gasteiger charge is -2.13. The second kappa shape index (κ2) is 51.7. The molecular weight excluding hydrogens is 829 g/mol. The van der Waals surface area contributed by atoms with Gasteiger partial charge in [-0.2, -0.15) is 11.8 Å². The van der Waals surface area contributed by atoms with Crippen molar-refractivity contribution >= 4 is 29.5 Å². The molecule has 17 heteroatoms.